The highest BCUT2D eigenvalue weighted by Gasteiger charge is 2.17. The molecule has 0 radical (unpaired) electrons. The molecule has 16 heavy (non-hydrogen) atoms. The van der Waals surface area contributed by atoms with E-state index in [0.717, 1.165) is 12.1 Å². The van der Waals surface area contributed by atoms with E-state index in [0.29, 0.717) is 13.0 Å². The lowest BCUT2D eigenvalue weighted by atomic mass is 10.2. The minimum Gasteiger partial charge on any atom is -0.374 e. The van der Waals surface area contributed by atoms with Crippen LogP contribution in [0.1, 0.15) is 13.3 Å². The van der Waals surface area contributed by atoms with E-state index >= 15 is 0 Å². The van der Waals surface area contributed by atoms with Gasteiger partial charge in [0.25, 0.3) is 10.1 Å². The summed E-state index contributed by atoms with van der Waals surface area (Å²) in [7, 11) is -3.90. The van der Waals surface area contributed by atoms with Crippen molar-refractivity contribution in [3.8, 4) is 0 Å². The number of hydrogen-bond acceptors (Lipinski definition) is 3. The summed E-state index contributed by atoms with van der Waals surface area (Å²) >= 11 is 0. The van der Waals surface area contributed by atoms with Gasteiger partial charge in [0.1, 0.15) is 0 Å². The van der Waals surface area contributed by atoms with Gasteiger partial charge in [-0.2, -0.15) is 8.42 Å². The Morgan fingerprint density at radius 3 is 2.81 bits per heavy atom. The molecule has 0 saturated carbocycles. The van der Waals surface area contributed by atoms with Gasteiger partial charge in [-0.25, -0.2) is 0 Å². The van der Waals surface area contributed by atoms with E-state index in [-0.39, 0.29) is 0 Å². The fourth-order valence-corrected chi connectivity index (χ4v) is 1.76. The Labute approximate surface area is 96.7 Å². The van der Waals surface area contributed by atoms with E-state index in [1.807, 2.05) is 23.3 Å². The summed E-state index contributed by atoms with van der Waals surface area (Å²) in [5.74, 6) is 0. The van der Waals surface area contributed by atoms with Crippen molar-refractivity contribution in [1.29, 1.82) is 0 Å². The molecule has 1 aliphatic rings. The maximum absolute atomic E-state index is 10.8. The monoisotopic (exact) mass is 243 g/mol. The lowest BCUT2D eigenvalue weighted by Gasteiger charge is -2.22. The van der Waals surface area contributed by atoms with Gasteiger partial charge in [0, 0.05) is 13.1 Å². The number of allylic oxidation sites excluding steroid dienone is 3. The third-order valence-electron chi connectivity index (χ3n) is 2.61. The summed E-state index contributed by atoms with van der Waals surface area (Å²) in [6.45, 7) is 6.53. The Morgan fingerprint density at radius 1 is 1.69 bits per heavy atom. The Kier molecular flexibility index (Phi) is 4.32. The zero-order chi connectivity index (χ0) is 12.2. The van der Waals surface area contributed by atoms with E-state index in [1.165, 1.54) is 6.92 Å². The molecule has 1 rings (SSSR count). The molecule has 0 aromatic heterocycles. The van der Waals surface area contributed by atoms with Crippen LogP contribution in [0.15, 0.2) is 36.6 Å². The van der Waals surface area contributed by atoms with Gasteiger partial charge < -0.3 is 4.90 Å². The first kappa shape index (κ1) is 13.0. The van der Waals surface area contributed by atoms with Gasteiger partial charge in [-0.3, -0.25) is 4.55 Å². The number of hydrogen-bond donors (Lipinski definition) is 1. The van der Waals surface area contributed by atoms with Crippen LogP contribution in [0.4, 0.5) is 0 Å². The van der Waals surface area contributed by atoms with E-state index in [9.17, 15) is 8.42 Å². The summed E-state index contributed by atoms with van der Waals surface area (Å²) in [6.07, 6.45) is 8.04. The van der Waals surface area contributed by atoms with Crippen molar-refractivity contribution in [3.05, 3.63) is 36.6 Å². The third kappa shape index (κ3) is 3.83. The topological polar surface area (TPSA) is 57.6 Å². The van der Waals surface area contributed by atoms with Crippen LogP contribution >= 0.6 is 0 Å². The average Bonchev–Trinajstić information content (AvgIpc) is 2.25. The Balaban J connectivity index is 2.40. The maximum atomic E-state index is 10.8. The second-order valence-corrected chi connectivity index (χ2v) is 5.67. The molecule has 1 aliphatic heterocycles. The molecule has 1 unspecified atom stereocenters. The highest BCUT2D eigenvalue weighted by Crippen LogP contribution is 2.10. The van der Waals surface area contributed by atoms with Crippen LogP contribution in [0.3, 0.4) is 0 Å². The molecule has 1 N–H and O–H groups in total. The highest BCUT2D eigenvalue weighted by atomic mass is 32.2. The predicted octanol–water partition coefficient (Wildman–Crippen LogP) is 1.59. The third-order valence-corrected chi connectivity index (χ3v) is 3.86. The number of rotatable bonds is 5. The largest absolute Gasteiger partial charge is 0.374 e. The summed E-state index contributed by atoms with van der Waals surface area (Å²) in [5.41, 5.74) is 1.07. The van der Waals surface area contributed by atoms with Gasteiger partial charge in [0.15, 0.2) is 0 Å². The molecule has 0 spiro atoms. The molecule has 0 aliphatic carbocycles. The second kappa shape index (κ2) is 5.32. The van der Waals surface area contributed by atoms with Crippen molar-refractivity contribution >= 4 is 10.1 Å². The van der Waals surface area contributed by atoms with Crippen LogP contribution in [-0.2, 0) is 10.1 Å². The van der Waals surface area contributed by atoms with Crippen molar-refractivity contribution in [1.82, 2.24) is 4.90 Å². The highest BCUT2D eigenvalue weighted by molar-refractivity contribution is 7.86. The van der Waals surface area contributed by atoms with Gasteiger partial charge in [-0.15, -0.1) is 0 Å². The zero-order valence-electron chi connectivity index (χ0n) is 9.33. The summed E-state index contributed by atoms with van der Waals surface area (Å²) in [5, 5.41) is -0.717. The molecule has 1 atom stereocenters. The van der Waals surface area contributed by atoms with E-state index in [1.54, 1.807) is 6.08 Å². The van der Waals surface area contributed by atoms with Crippen molar-refractivity contribution in [2.75, 3.05) is 13.1 Å². The minimum atomic E-state index is -3.90. The molecule has 0 aromatic carbocycles. The number of nitrogens with zero attached hydrogens (tertiary/aromatic N) is 1. The van der Waals surface area contributed by atoms with Crippen LogP contribution in [0, 0.1) is 0 Å². The first-order valence-electron chi connectivity index (χ1n) is 5.14. The smallest absolute Gasteiger partial charge is 0.267 e. The van der Waals surface area contributed by atoms with Crippen LogP contribution in [-0.4, -0.2) is 36.2 Å². The molecule has 1 heterocycles. The Bertz CT molecular complexity index is 409. The van der Waals surface area contributed by atoms with Gasteiger partial charge in [0.2, 0.25) is 0 Å². The van der Waals surface area contributed by atoms with Crippen molar-refractivity contribution < 1.29 is 13.0 Å². The standard InChI is InChI=1S/C11H17NO3S/c1-3-11-5-8-12(9-6-11)7-4-10(2)16(13,14)15/h3,5-6,8,10H,1,4,7,9H2,2H3,(H,13,14,15). The van der Waals surface area contributed by atoms with Crippen LogP contribution in [0.2, 0.25) is 0 Å². The van der Waals surface area contributed by atoms with Gasteiger partial charge in [-0.05, 0) is 31.2 Å². The molecule has 90 valence electrons. The molecule has 0 fully saturated rings. The zero-order valence-corrected chi connectivity index (χ0v) is 10.2. The summed E-state index contributed by atoms with van der Waals surface area (Å²) in [4.78, 5) is 1.99. The SMILES string of the molecule is C=CC1=CCN(CCC(C)S(=O)(=O)O)C=C1. The molecular weight excluding hydrogens is 226 g/mol. The lowest BCUT2D eigenvalue weighted by molar-refractivity contribution is 0.390. The van der Waals surface area contributed by atoms with Gasteiger partial charge in [-0.1, -0.05) is 18.7 Å². The van der Waals surface area contributed by atoms with Crippen molar-refractivity contribution in [2.45, 2.75) is 18.6 Å². The van der Waals surface area contributed by atoms with Crippen LogP contribution in [0.5, 0.6) is 0 Å². The quantitative estimate of drug-likeness (QED) is 0.745. The van der Waals surface area contributed by atoms with Crippen LogP contribution < -0.4 is 0 Å². The molecule has 4 nitrogen and oxygen atoms in total. The van der Waals surface area contributed by atoms with E-state index in [4.69, 9.17) is 4.55 Å². The molecule has 0 bridgehead atoms. The van der Waals surface area contributed by atoms with Gasteiger partial charge in [0.05, 0.1) is 5.25 Å². The second-order valence-electron chi connectivity index (χ2n) is 3.83. The average molecular weight is 243 g/mol. The first-order valence-corrected chi connectivity index (χ1v) is 6.65. The van der Waals surface area contributed by atoms with Gasteiger partial charge >= 0.3 is 0 Å². The normalized spacial score (nSPS) is 18.1. The lowest BCUT2D eigenvalue weighted by Crippen LogP contribution is -2.26. The first-order chi connectivity index (χ1) is 7.43. The minimum absolute atomic E-state index is 0.417. The molecular formula is C11H17NO3S. The Morgan fingerprint density at radius 2 is 2.38 bits per heavy atom. The van der Waals surface area contributed by atoms with E-state index in [2.05, 4.69) is 6.58 Å². The predicted molar refractivity (Wildman–Crippen MR) is 64.6 cm³/mol. The van der Waals surface area contributed by atoms with E-state index < -0.39 is 15.4 Å². The fraction of sp³-hybridized carbons (Fsp3) is 0.455. The maximum Gasteiger partial charge on any atom is 0.267 e. The fourth-order valence-electron chi connectivity index (χ4n) is 1.36. The molecule has 0 aromatic rings. The van der Waals surface area contributed by atoms with Crippen molar-refractivity contribution in [3.63, 3.8) is 0 Å². The Hall–Kier alpha value is -1.07. The molecule has 5 heteroatoms. The summed E-state index contributed by atoms with van der Waals surface area (Å²) < 4.78 is 30.4. The summed E-state index contributed by atoms with van der Waals surface area (Å²) in [6, 6.07) is 0. The van der Waals surface area contributed by atoms with Crippen LogP contribution in [0.25, 0.3) is 0 Å². The van der Waals surface area contributed by atoms with Crippen molar-refractivity contribution in [2.24, 2.45) is 0 Å². The molecule has 0 saturated heterocycles. The molecule has 0 amide bonds.